The van der Waals surface area contributed by atoms with E-state index in [0.29, 0.717) is 0 Å². The lowest BCUT2D eigenvalue weighted by atomic mass is 10.3. The molecule has 7 nitrogen and oxygen atoms in total. The molecule has 0 bridgehead atoms. The Hall–Kier alpha value is -1.29. The molecular formula is C9H7Cl2N3O4S2. The molecule has 1 heterocycles. The number of H-pyrrole nitrogens is 1. The van der Waals surface area contributed by atoms with Crippen molar-refractivity contribution in [2.75, 3.05) is 4.72 Å². The summed E-state index contributed by atoms with van der Waals surface area (Å²) in [7, 11) is -2.67. The van der Waals surface area contributed by atoms with Gasteiger partial charge in [0.1, 0.15) is 4.90 Å². The van der Waals surface area contributed by atoms with E-state index in [1.165, 1.54) is 18.3 Å². The SMILES string of the molecule is O=S(=O)(Cl)c1ccc(NS(=O)(=O)c2ccn[nH]2)cc1Cl. The summed E-state index contributed by atoms with van der Waals surface area (Å²) in [5, 5.41) is 5.50. The number of aromatic amines is 1. The highest BCUT2D eigenvalue weighted by molar-refractivity contribution is 8.13. The molecule has 2 aromatic rings. The van der Waals surface area contributed by atoms with E-state index >= 15 is 0 Å². The summed E-state index contributed by atoms with van der Waals surface area (Å²) < 4.78 is 48.3. The van der Waals surface area contributed by atoms with Crippen LogP contribution >= 0.6 is 22.3 Å². The van der Waals surface area contributed by atoms with Crippen LogP contribution < -0.4 is 4.72 Å². The molecule has 0 aliphatic carbocycles. The fourth-order valence-corrected chi connectivity index (χ4v) is 3.85. The number of nitrogens with zero attached hydrogens (tertiary/aromatic N) is 1. The molecule has 0 atom stereocenters. The normalized spacial score (nSPS) is 12.3. The lowest BCUT2D eigenvalue weighted by Crippen LogP contribution is -2.13. The van der Waals surface area contributed by atoms with Gasteiger partial charge in [0.25, 0.3) is 19.1 Å². The minimum Gasteiger partial charge on any atom is -0.278 e. The largest absolute Gasteiger partial charge is 0.278 e. The van der Waals surface area contributed by atoms with Crippen LogP contribution in [0.15, 0.2) is 40.4 Å². The van der Waals surface area contributed by atoms with E-state index < -0.39 is 19.1 Å². The number of aromatic nitrogens is 2. The first-order valence-corrected chi connectivity index (χ1v) is 9.13. The quantitative estimate of drug-likeness (QED) is 0.812. The Labute approximate surface area is 124 Å². The average molecular weight is 356 g/mol. The van der Waals surface area contributed by atoms with E-state index in [4.69, 9.17) is 22.3 Å². The first kappa shape index (κ1) is 15.1. The van der Waals surface area contributed by atoms with Crippen molar-refractivity contribution >= 4 is 47.0 Å². The standard InChI is InChI=1S/C9H7Cl2N3O4S2/c10-7-5-6(1-2-8(7)19(11,15)16)14-20(17,18)9-3-4-12-13-9/h1-5,14H,(H,12,13). The van der Waals surface area contributed by atoms with Gasteiger partial charge in [0, 0.05) is 10.7 Å². The Morgan fingerprint density at radius 3 is 2.35 bits per heavy atom. The third-order valence-corrected chi connectivity index (χ3v) is 5.33. The van der Waals surface area contributed by atoms with Crippen molar-refractivity contribution in [3.05, 3.63) is 35.5 Å². The van der Waals surface area contributed by atoms with Crippen LogP contribution in [0.2, 0.25) is 5.02 Å². The molecule has 2 N–H and O–H groups in total. The van der Waals surface area contributed by atoms with Gasteiger partial charge in [-0.15, -0.1) is 0 Å². The Morgan fingerprint density at radius 2 is 1.85 bits per heavy atom. The third-order valence-electron chi connectivity index (χ3n) is 2.21. The molecule has 0 amide bonds. The molecule has 0 unspecified atom stereocenters. The minimum atomic E-state index is -3.99. The van der Waals surface area contributed by atoms with Crippen molar-refractivity contribution in [1.82, 2.24) is 10.2 Å². The molecule has 0 fully saturated rings. The molecule has 108 valence electrons. The molecule has 1 aromatic carbocycles. The summed E-state index contributed by atoms with van der Waals surface area (Å²) in [5.41, 5.74) is 0.0914. The van der Waals surface area contributed by atoms with Crippen LogP contribution in [-0.4, -0.2) is 27.0 Å². The van der Waals surface area contributed by atoms with Gasteiger partial charge in [-0.3, -0.25) is 9.82 Å². The fraction of sp³-hybridized carbons (Fsp3) is 0. The molecule has 0 aliphatic heterocycles. The van der Waals surface area contributed by atoms with Crippen molar-refractivity contribution in [2.45, 2.75) is 9.92 Å². The second kappa shape index (κ2) is 5.24. The topological polar surface area (TPSA) is 109 Å². The molecule has 11 heteroatoms. The number of anilines is 1. The van der Waals surface area contributed by atoms with Gasteiger partial charge >= 0.3 is 0 Å². The second-order valence-corrected chi connectivity index (χ2v) is 8.20. The number of sulfonamides is 1. The highest BCUT2D eigenvalue weighted by Gasteiger charge is 2.18. The van der Waals surface area contributed by atoms with E-state index in [1.54, 1.807) is 0 Å². The summed E-state index contributed by atoms with van der Waals surface area (Å²) in [6.45, 7) is 0. The smallest absolute Gasteiger partial charge is 0.278 e. The number of nitrogens with one attached hydrogen (secondary N) is 2. The van der Waals surface area contributed by atoms with Crippen LogP contribution in [0.5, 0.6) is 0 Å². The molecule has 0 aliphatic rings. The van der Waals surface area contributed by atoms with Crippen molar-refractivity contribution < 1.29 is 16.8 Å². The Balaban J connectivity index is 2.35. The maximum Gasteiger partial charge on any atom is 0.278 e. The highest BCUT2D eigenvalue weighted by atomic mass is 35.7. The van der Waals surface area contributed by atoms with Crippen molar-refractivity contribution in [2.24, 2.45) is 0 Å². The van der Waals surface area contributed by atoms with E-state index in [1.807, 2.05) is 0 Å². The maximum absolute atomic E-state index is 11.9. The predicted octanol–water partition coefficient (Wildman–Crippen LogP) is 1.79. The molecule has 20 heavy (non-hydrogen) atoms. The zero-order valence-electron chi connectivity index (χ0n) is 9.54. The Bertz CT molecular complexity index is 832. The van der Waals surface area contributed by atoms with Crippen LogP contribution in [0.1, 0.15) is 0 Å². The van der Waals surface area contributed by atoms with Crippen LogP contribution in [0.3, 0.4) is 0 Å². The number of hydrogen-bond donors (Lipinski definition) is 2. The fourth-order valence-electron chi connectivity index (χ4n) is 1.36. The van der Waals surface area contributed by atoms with Gasteiger partial charge in [-0.05, 0) is 24.3 Å². The summed E-state index contributed by atoms with van der Waals surface area (Å²) >= 11 is 5.75. The maximum atomic E-state index is 11.9. The Kier molecular flexibility index (Phi) is 3.96. The van der Waals surface area contributed by atoms with E-state index in [9.17, 15) is 16.8 Å². The van der Waals surface area contributed by atoms with Crippen molar-refractivity contribution in [3.8, 4) is 0 Å². The monoisotopic (exact) mass is 355 g/mol. The molecule has 0 radical (unpaired) electrons. The first-order valence-electron chi connectivity index (χ1n) is 4.96. The van der Waals surface area contributed by atoms with Crippen molar-refractivity contribution in [1.29, 1.82) is 0 Å². The summed E-state index contributed by atoms with van der Waals surface area (Å²) in [6, 6.07) is 4.75. The lowest BCUT2D eigenvalue weighted by molar-refractivity contribution is 0.597. The number of benzene rings is 1. The lowest BCUT2D eigenvalue weighted by Gasteiger charge is -2.07. The number of rotatable bonds is 4. The molecule has 0 saturated carbocycles. The average Bonchev–Trinajstić information content (AvgIpc) is 2.80. The predicted molar refractivity (Wildman–Crippen MR) is 73.9 cm³/mol. The molecular weight excluding hydrogens is 349 g/mol. The number of hydrogen-bond acceptors (Lipinski definition) is 5. The zero-order chi connectivity index (χ0) is 15.0. The van der Waals surface area contributed by atoms with Crippen LogP contribution in [0.4, 0.5) is 5.69 Å². The Morgan fingerprint density at radius 1 is 1.15 bits per heavy atom. The van der Waals surface area contributed by atoms with E-state index in [2.05, 4.69) is 14.9 Å². The van der Waals surface area contributed by atoms with Gasteiger partial charge in [-0.2, -0.15) is 13.5 Å². The van der Waals surface area contributed by atoms with Gasteiger partial charge in [0.05, 0.1) is 16.9 Å². The van der Waals surface area contributed by atoms with E-state index in [-0.39, 0.29) is 20.6 Å². The summed E-state index contributed by atoms with van der Waals surface area (Å²) in [5.74, 6) is 0. The van der Waals surface area contributed by atoms with Gasteiger partial charge in [0.2, 0.25) is 0 Å². The van der Waals surface area contributed by atoms with Gasteiger partial charge in [0.15, 0.2) is 5.03 Å². The van der Waals surface area contributed by atoms with Crippen LogP contribution in [0.25, 0.3) is 0 Å². The minimum absolute atomic E-state index is 0.0914. The van der Waals surface area contributed by atoms with Gasteiger partial charge in [-0.1, -0.05) is 11.6 Å². The van der Waals surface area contributed by atoms with Crippen LogP contribution in [0, 0.1) is 0 Å². The summed E-state index contributed by atoms with van der Waals surface area (Å²) in [6.07, 6.45) is 1.28. The first-order chi connectivity index (χ1) is 9.20. The van der Waals surface area contributed by atoms with E-state index in [0.717, 1.165) is 12.1 Å². The number of halogens is 2. The molecule has 1 aromatic heterocycles. The molecule has 0 spiro atoms. The van der Waals surface area contributed by atoms with Crippen molar-refractivity contribution in [3.63, 3.8) is 0 Å². The van der Waals surface area contributed by atoms with Gasteiger partial charge < -0.3 is 0 Å². The van der Waals surface area contributed by atoms with Crippen LogP contribution in [-0.2, 0) is 19.1 Å². The highest BCUT2D eigenvalue weighted by Crippen LogP contribution is 2.28. The summed E-state index contributed by atoms with van der Waals surface area (Å²) in [4.78, 5) is -0.301. The second-order valence-electron chi connectivity index (χ2n) is 3.61. The van der Waals surface area contributed by atoms with Gasteiger partial charge in [-0.25, -0.2) is 8.42 Å². The zero-order valence-corrected chi connectivity index (χ0v) is 12.7. The molecule has 0 saturated heterocycles. The third kappa shape index (κ3) is 3.23. The molecule has 2 rings (SSSR count).